The van der Waals surface area contributed by atoms with Gasteiger partial charge in [-0.1, -0.05) is 0 Å². The molecule has 0 fully saturated rings. The average Bonchev–Trinajstić information content (AvgIpc) is 2.31. The SMILES string of the molecule is COC(C)Cn1cc(C)c(I)n1. The molecule has 12 heavy (non-hydrogen) atoms. The van der Waals surface area contributed by atoms with Gasteiger partial charge in [0.25, 0.3) is 0 Å². The molecule has 1 aromatic heterocycles. The summed E-state index contributed by atoms with van der Waals surface area (Å²) in [6.45, 7) is 4.91. The van der Waals surface area contributed by atoms with Gasteiger partial charge in [-0.25, -0.2) is 0 Å². The molecular formula is C8H13IN2O. The van der Waals surface area contributed by atoms with Crippen LogP contribution in [0.25, 0.3) is 0 Å². The molecule has 3 nitrogen and oxygen atoms in total. The lowest BCUT2D eigenvalue weighted by atomic mass is 10.4. The van der Waals surface area contributed by atoms with Crippen molar-refractivity contribution in [3.05, 3.63) is 15.5 Å². The first-order valence-electron chi connectivity index (χ1n) is 3.86. The Labute approximate surface area is 86.2 Å². The van der Waals surface area contributed by atoms with Crippen LogP contribution < -0.4 is 0 Å². The fraction of sp³-hybridized carbons (Fsp3) is 0.625. The summed E-state index contributed by atoms with van der Waals surface area (Å²) in [7, 11) is 1.71. The maximum absolute atomic E-state index is 5.14. The average molecular weight is 280 g/mol. The first-order chi connectivity index (χ1) is 5.63. The smallest absolute Gasteiger partial charge is 0.126 e. The first kappa shape index (κ1) is 9.98. The maximum Gasteiger partial charge on any atom is 0.126 e. The van der Waals surface area contributed by atoms with Crippen molar-refractivity contribution in [2.75, 3.05) is 7.11 Å². The van der Waals surface area contributed by atoms with Crippen LogP contribution >= 0.6 is 22.6 Å². The molecule has 0 amide bonds. The van der Waals surface area contributed by atoms with E-state index in [0.29, 0.717) is 0 Å². The van der Waals surface area contributed by atoms with E-state index < -0.39 is 0 Å². The molecule has 68 valence electrons. The van der Waals surface area contributed by atoms with Crippen molar-refractivity contribution in [2.24, 2.45) is 0 Å². The van der Waals surface area contributed by atoms with Crippen LogP contribution in [0.1, 0.15) is 12.5 Å². The van der Waals surface area contributed by atoms with Crippen LogP contribution in [0.15, 0.2) is 6.20 Å². The third-order valence-corrected chi connectivity index (χ3v) is 2.80. The van der Waals surface area contributed by atoms with E-state index in [1.807, 2.05) is 17.8 Å². The van der Waals surface area contributed by atoms with Gasteiger partial charge >= 0.3 is 0 Å². The van der Waals surface area contributed by atoms with Gasteiger partial charge in [0.15, 0.2) is 0 Å². The quantitative estimate of drug-likeness (QED) is 0.790. The van der Waals surface area contributed by atoms with Crippen molar-refractivity contribution in [2.45, 2.75) is 26.5 Å². The van der Waals surface area contributed by atoms with E-state index in [0.717, 1.165) is 10.2 Å². The standard InChI is InChI=1S/C8H13IN2O/c1-6-4-11(10-8(6)9)5-7(2)12-3/h4,7H,5H2,1-3H3. The fourth-order valence-corrected chi connectivity index (χ4v) is 1.35. The molecule has 0 aliphatic rings. The van der Waals surface area contributed by atoms with E-state index in [1.165, 1.54) is 5.56 Å². The summed E-state index contributed by atoms with van der Waals surface area (Å²) in [5.41, 5.74) is 1.22. The highest BCUT2D eigenvalue weighted by Crippen LogP contribution is 2.08. The highest BCUT2D eigenvalue weighted by molar-refractivity contribution is 14.1. The van der Waals surface area contributed by atoms with Crippen molar-refractivity contribution in [3.63, 3.8) is 0 Å². The predicted molar refractivity (Wildman–Crippen MR) is 56.2 cm³/mol. The van der Waals surface area contributed by atoms with Gasteiger partial charge in [-0.05, 0) is 36.4 Å². The van der Waals surface area contributed by atoms with Crippen molar-refractivity contribution in [1.82, 2.24) is 9.78 Å². The Hall–Kier alpha value is -0.100. The first-order valence-corrected chi connectivity index (χ1v) is 4.93. The molecule has 1 rings (SSSR count). The number of methoxy groups -OCH3 is 1. The number of halogens is 1. The highest BCUT2D eigenvalue weighted by Gasteiger charge is 2.04. The van der Waals surface area contributed by atoms with Gasteiger partial charge < -0.3 is 4.74 Å². The van der Waals surface area contributed by atoms with E-state index in [-0.39, 0.29) is 6.10 Å². The molecule has 0 N–H and O–H groups in total. The van der Waals surface area contributed by atoms with E-state index in [9.17, 15) is 0 Å². The predicted octanol–water partition coefficient (Wildman–Crippen LogP) is 1.83. The lowest BCUT2D eigenvalue weighted by molar-refractivity contribution is 0.0997. The molecule has 4 heteroatoms. The monoisotopic (exact) mass is 280 g/mol. The van der Waals surface area contributed by atoms with Gasteiger partial charge in [-0.3, -0.25) is 4.68 Å². The Morgan fingerprint density at radius 2 is 2.42 bits per heavy atom. The van der Waals surface area contributed by atoms with Crippen LogP contribution in [0.5, 0.6) is 0 Å². The number of hydrogen-bond acceptors (Lipinski definition) is 2. The van der Waals surface area contributed by atoms with Gasteiger partial charge in [0.1, 0.15) is 3.70 Å². The second-order valence-electron chi connectivity index (χ2n) is 2.87. The van der Waals surface area contributed by atoms with Gasteiger partial charge in [0.05, 0.1) is 12.6 Å². The Kier molecular flexibility index (Phi) is 3.52. The number of aryl methyl sites for hydroxylation is 1. The van der Waals surface area contributed by atoms with Crippen molar-refractivity contribution in [1.29, 1.82) is 0 Å². The second kappa shape index (κ2) is 4.23. The Balaban J connectivity index is 2.64. The molecule has 0 bridgehead atoms. The van der Waals surface area contributed by atoms with Gasteiger partial charge in [0, 0.05) is 18.9 Å². The van der Waals surface area contributed by atoms with Crippen LogP contribution in [-0.4, -0.2) is 23.0 Å². The fourth-order valence-electron chi connectivity index (χ4n) is 0.929. The highest BCUT2D eigenvalue weighted by atomic mass is 127. The largest absolute Gasteiger partial charge is 0.380 e. The van der Waals surface area contributed by atoms with Crippen molar-refractivity contribution in [3.8, 4) is 0 Å². The number of hydrogen-bond donors (Lipinski definition) is 0. The molecule has 0 saturated heterocycles. The number of rotatable bonds is 3. The minimum atomic E-state index is 0.222. The summed E-state index contributed by atoms with van der Waals surface area (Å²) >= 11 is 2.23. The van der Waals surface area contributed by atoms with Crippen LogP contribution in [-0.2, 0) is 11.3 Å². The summed E-state index contributed by atoms with van der Waals surface area (Å²) in [6, 6.07) is 0. The zero-order chi connectivity index (χ0) is 9.14. The number of ether oxygens (including phenoxy) is 1. The zero-order valence-corrected chi connectivity index (χ0v) is 9.70. The molecule has 0 aromatic carbocycles. The topological polar surface area (TPSA) is 27.1 Å². The van der Waals surface area contributed by atoms with Crippen molar-refractivity contribution >= 4 is 22.6 Å². The van der Waals surface area contributed by atoms with Crippen LogP contribution in [0.3, 0.4) is 0 Å². The molecule has 0 saturated carbocycles. The molecule has 1 atom stereocenters. The summed E-state index contributed by atoms with van der Waals surface area (Å²) in [5.74, 6) is 0. The molecule has 0 aliphatic heterocycles. The molecule has 1 unspecified atom stereocenters. The van der Waals surface area contributed by atoms with Crippen molar-refractivity contribution < 1.29 is 4.74 Å². The van der Waals surface area contributed by atoms with Gasteiger partial charge in [0.2, 0.25) is 0 Å². The molecule has 1 aromatic rings. The minimum Gasteiger partial charge on any atom is -0.380 e. The number of nitrogens with zero attached hydrogens (tertiary/aromatic N) is 2. The molecule has 0 radical (unpaired) electrons. The van der Waals surface area contributed by atoms with Crippen LogP contribution in [0.4, 0.5) is 0 Å². The third-order valence-electron chi connectivity index (χ3n) is 1.73. The Morgan fingerprint density at radius 3 is 2.83 bits per heavy atom. The lowest BCUT2D eigenvalue weighted by Gasteiger charge is -2.08. The van der Waals surface area contributed by atoms with E-state index >= 15 is 0 Å². The summed E-state index contributed by atoms with van der Waals surface area (Å²) in [5, 5.41) is 4.32. The molecular weight excluding hydrogens is 267 g/mol. The van der Waals surface area contributed by atoms with Gasteiger partial charge in [-0.15, -0.1) is 0 Å². The van der Waals surface area contributed by atoms with Crippen LogP contribution in [0.2, 0.25) is 0 Å². The van der Waals surface area contributed by atoms with E-state index in [1.54, 1.807) is 7.11 Å². The molecule has 0 aliphatic carbocycles. The summed E-state index contributed by atoms with van der Waals surface area (Å²) < 4.78 is 8.13. The van der Waals surface area contributed by atoms with E-state index in [4.69, 9.17) is 4.74 Å². The van der Waals surface area contributed by atoms with Gasteiger partial charge in [-0.2, -0.15) is 5.10 Å². The lowest BCUT2D eigenvalue weighted by Crippen LogP contribution is -2.14. The summed E-state index contributed by atoms with van der Waals surface area (Å²) in [4.78, 5) is 0. The third kappa shape index (κ3) is 2.45. The van der Waals surface area contributed by atoms with E-state index in [2.05, 4.69) is 34.6 Å². The molecule has 1 heterocycles. The Bertz CT molecular complexity index is 240. The number of aromatic nitrogens is 2. The second-order valence-corrected chi connectivity index (χ2v) is 3.89. The zero-order valence-electron chi connectivity index (χ0n) is 7.54. The minimum absolute atomic E-state index is 0.222. The Morgan fingerprint density at radius 1 is 1.75 bits per heavy atom. The normalized spacial score (nSPS) is 13.3. The summed E-state index contributed by atoms with van der Waals surface area (Å²) in [6.07, 6.45) is 2.26. The molecule has 0 spiro atoms. The maximum atomic E-state index is 5.14. The van der Waals surface area contributed by atoms with Crippen LogP contribution in [0, 0.1) is 10.6 Å².